The Morgan fingerprint density at radius 3 is 2.45 bits per heavy atom. The summed E-state index contributed by atoms with van der Waals surface area (Å²) in [7, 11) is -3.84. The molecule has 0 saturated carbocycles. The van der Waals surface area contributed by atoms with Crippen molar-refractivity contribution in [2.45, 2.75) is 44.2 Å². The van der Waals surface area contributed by atoms with Crippen molar-refractivity contribution in [3.8, 4) is 0 Å². The number of sulfonamides is 1. The van der Waals surface area contributed by atoms with E-state index in [0.717, 1.165) is 17.7 Å². The largest absolute Gasteiger partial charge is 0.350 e. The molecule has 2 aromatic rings. The molecule has 0 spiro atoms. The first-order valence-electron chi connectivity index (χ1n) is 10.9. The van der Waals surface area contributed by atoms with Crippen molar-refractivity contribution >= 4 is 21.8 Å². The van der Waals surface area contributed by atoms with Gasteiger partial charge in [0.25, 0.3) is 0 Å². The Kier molecular flexibility index (Phi) is 8.15. The Labute approximate surface area is 193 Å². The Hall–Kier alpha value is -2.85. The summed E-state index contributed by atoms with van der Waals surface area (Å²) < 4.78 is 40.3. The van der Waals surface area contributed by atoms with Crippen LogP contribution in [-0.2, 0) is 26.2 Å². The SMILES string of the molecule is CC(C)[C@H](NC(=O)[C@@H]1CCCN(S(=O)(=O)c2ccc(F)cc2)C1)C(=O)NCc1ccncc1. The van der Waals surface area contributed by atoms with E-state index in [1.54, 1.807) is 24.5 Å². The number of pyridine rings is 1. The molecule has 0 bridgehead atoms. The summed E-state index contributed by atoms with van der Waals surface area (Å²) in [6, 6.07) is 7.47. The molecule has 1 aliphatic rings. The normalized spacial score (nSPS) is 18.0. The standard InChI is InChI=1S/C23H29FN4O4S/c1-16(2)21(23(30)26-14-17-9-11-25-12-10-17)27-22(29)18-4-3-13-28(15-18)33(31,32)20-7-5-19(24)6-8-20/h5-12,16,18,21H,3-4,13-15H2,1-2H3,(H,26,30)(H,27,29)/t18-,21+/m1/s1. The lowest BCUT2D eigenvalue weighted by Gasteiger charge is -2.32. The quantitative estimate of drug-likeness (QED) is 0.607. The van der Waals surface area contributed by atoms with Gasteiger partial charge in [-0.1, -0.05) is 13.8 Å². The molecule has 2 amide bonds. The van der Waals surface area contributed by atoms with Crippen molar-refractivity contribution in [1.29, 1.82) is 0 Å². The van der Waals surface area contributed by atoms with E-state index < -0.39 is 27.8 Å². The molecule has 0 radical (unpaired) electrons. The van der Waals surface area contributed by atoms with Crippen LogP contribution in [0.3, 0.4) is 0 Å². The number of benzene rings is 1. The van der Waals surface area contributed by atoms with Crippen molar-refractivity contribution in [2.75, 3.05) is 13.1 Å². The van der Waals surface area contributed by atoms with Gasteiger partial charge in [0.15, 0.2) is 0 Å². The number of hydrogen-bond acceptors (Lipinski definition) is 5. The predicted molar refractivity (Wildman–Crippen MR) is 121 cm³/mol. The fourth-order valence-corrected chi connectivity index (χ4v) is 5.26. The summed E-state index contributed by atoms with van der Waals surface area (Å²) in [6.45, 7) is 4.28. The van der Waals surface area contributed by atoms with E-state index in [4.69, 9.17) is 0 Å². The summed E-state index contributed by atoms with van der Waals surface area (Å²) >= 11 is 0. The number of carbonyl (C=O) groups is 2. The first kappa shape index (κ1) is 24.8. The molecule has 2 atom stereocenters. The molecule has 33 heavy (non-hydrogen) atoms. The highest BCUT2D eigenvalue weighted by atomic mass is 32.2. The number of aromatic nitrogens is 1. The monoisotopic (exact) mass is 476 g/mol. The van der Waals surface area contributed by atoms with Crippen LogP contribution in [0.5, 0.6) is 0 Å². The first-order valence-corrected chi connectivity index (χ1v) is 12.3. The van der Waals surface area contributed by atoms with Crippen LogP contribution in [0.25, 0.3) is 0 Å². The molecule has 0 aliphatic carbocycles. The van der Waals surface area contributed by atoms with E-state index in [1.165, 1.54) is 16.4 Å². The summed E-state index contributed by atoms with van der Waals surface area (Å²) in [6.07, 6.45) is 4.31. The molecule has 3 rings (SSSR count). The van der Waals surface area contributed by atoms with Crippen LogP contribution in [0, 0.1) is 17.7 Å². The molecule has 0 unspecified atom stereocenters. The zero-order valence-corrected chi connectivity index (χ0v) is 19.5. The summed E-state index contributed by atoms with van der Waals surface area (Å²) in [5.41, 5.74) is 0.890. The third-order valence-corrected chi connectivity index (χ3v) is 7.55. The molecule has 2 heterocycles. The van der Waals surface area contributed by atoms with Crippen molar-refractivity contribution in [1.82, 2.24) is 19.9 Å². The number of amides is 2. The van der Waals surface area contributed by atoms with E-state index >= 15 is 0 Å². The Morgan fingerprint density at radius 1 is 1.15 bits per heavy atom. The smallest absolute Gasteiger partial charge is 0.243 e. The van der Waals surface area contributed by atoms with Crippen molar-refractivity contribution in [2.24, 2.45) is 11.8 Å². The van der Waals surface area contributed by atoms with Gasteiger partial charge in [-0.2, -0.15) is 4.31 Å². The lowest BCUT2D eigenvalue weighted by atomic mass is 9.96. The second kappa shape index (κ2) is 10.8. The summed E-state index contributed by atoms with van der Waals surface area (Å²) in [5.74, 6) is -1.92. The maximum atomic E-state index is 13.2. The highest BCUT2D eigenvalue weighted by molar-refractivity contribution is 7.89. The first-order chi connectivity index (χ1) is 15.7. The maximum absolute atomic E-state index is 13.2. The number of halogens is 1. The molecule has 178 valence electrons. The van der Waals surface area contributed by atoms with Crippen molar-refractivity contribution < 1.29 is 22.4 Å². The fraction of sp³-hybridized carbons (Fsp3) is 0.435. The van der Waals surface area contributed by atoms with Crippen molar-refractivity contribution in [3.63, 3.8) is 0 Å². The Morgan fingerprint density at radius 2 is 1.82 bits per heavy atom. The number of piperidine rings is 1. The van der Waals surface area contributed by atoms with Gasteiger partial charge < -0.3 is 10.6 Å². The lowest BCUT2D eigenvalue weighted by Crippen LogP contribution is -2.53. The van der Waals surface area contributed by atoms with Gasteiger partial charge in [0.05, 0.1) is 10.8 Å². The van der Waals surface area contributed by atoms with Gasteiger partial charge >= 0.3 is 0 Å². The van der Waals surface area contributed by atoms with E-state index in [9.17, 15) is 22.4 Å². The second-order valence-corrected chi connectivity index (χ2v) is 10.4. The van der Waals surface area contributed by atoms with Crippen LogP contribution in [0.2, 0.25) is 0 Å². The zero-order valence-electron chi connectivity index (χ0n) is 18.7. The number of carbonyl (C=O) groups excluding carboxylic acids is 2. The van der Waals surface area contributed by atoms with Gasteiger partial charge in [0.2, 0.25) is 21.8 Å². The van der Waals surface area contributed by atoms with Gasteiger partial charge in [-0.25, -0.2) is 12.8 Å². The molecule has 1 aromatic heterocycles. The van der Waals surface area contributed by atoms with Gasteiger partial charge in [-0.15, -0.1) is 0 Å². The second-order valence-electron chi connectivity index (χ2n) is 8.46. The minimum absolute atomic E-state index is 0.00892. The highest BCUT2D eigenvalue weighted by Gasteiger charge is 2.35. The van der Waals surface area contributed by atoms with Gasteiger partial charge in [-0.3, -0.25) is 14.6 Å². The number of rotatable bonds is 8. The molecule has 1 aromatic carbocycles. The molecule has 1 fully saturated rings. The van der Waals surface area contributed by atoms with E-state index in [1.807, 2.05) is 13.8 Å². The Balaban J connectivity index is 1.63. The average Bonchev–Trinajstić information content (AvgIpc) is 2.81. The van der Waals surface area contributed by atoms with Crippen LogP contribution in [-0.4, -0.2) is 48.7 Å². The minimum Gasteiger partial charge on any atom is -0.350 e. The third kappa shape index (κ3) is 6.35. The zero-order chi connectivity index (χ0) is 24.0. The fourth-order valence-electron chi connectivity index (χ4n) is 3.74. The Bertz CT molecular complexity index is 1060. The van der Waals surface area contributed by atoms with E-state index in [-0.39, 0.29) is 35.7 Å². The molecule has 10 heteroatoms. The molecular formula is C23H29FN4O4S. The lowest BCUT2D eigenvalue weighted by molar-refractivity contribution is -0.132. The van der Waals surface area contributed by atoms with Crippen molar-refractivity contribution in [3.05, 3.63) is 60.2 Å². The maximum Gasteiger partial charge on any atom is 0.243 e. The summed E-state index contributed by atoms with van der Waals surface area (Å²) in [4.78, 5) is 29.6. The number of hydrogen-bond donors (Lipinski definition) is 2. The van der Waals surface area contributed by atoms with Crippen LogP contribution < -0.4 is 10.6 Å². The molecule has 1 aliphatic heterocycles. The van der Waals surface area contributed by atoms with Crippen LogP contribution in [0.1, 0.15) is 32.3 Å². The van der Waals surface area contributed by atoms with Crippen LogP contribution >= 0.6 is 0 Å². The number of nitrogens with one attached hydrogen (secondary N) is 2. The molecule has 1 saturated heterocycles. The molecule has 8 nitrogen and oxygen atoms in total. The minimum atomic E-state index is -3.84. The van der Waals surface area contributed by atoms with Gasteiger partial charge in [-0.05, 0) is 60.7 Å². The van der Waals surface area contributed by atoms with Crippen LogP contribution in [0.4, 0.5) is 4.39 Å². The van der Waals surface area contributed by atoms with Gasteiger partial charge in [0.1, 0.15) is 11.9 Å². The highest BCUT2D eigenvalue weighted by Crippen LogP contribution is 2.24. The van der Waals surface area contributed by atoms with E-state index in [0.29, 0.717) is 19.4 Å². The van der Waals surface area contributed by atoms with Gasteiger partial charge in [0, 0.05) is 32.0 Å². The summed E-state index contributed by atoms with van der Waals surface area (Å²) in [5, 5.41) is 5.64. The predicted octanol–water partition coefficient (Wildman–Crippen LogP) is 2.08. The van der Waals surface area contributed by atoms with Crippen LogP contribution in [0.15, 0.2) is 53.7 Å². The third-order valence-electron chi connectivity index (χ3n) is 5.67. The molecule has 2 N–H and O–H groups in total. The van der Waals surface area contributed by atoms with E-state index in [2.05, 4.69) is 15.6 Å². The number of nitrogens with zero attached hydrogens (tertiary/aromatic N) is 2. The topological polar surface area (TPSA) is 108 Å². The average molecular weight is 477 g/mol. The molecular weight excluding hydrogens is 447 g/mol.